The largest absolute Gasteiger partial charge is 0.362 e. The number of nitrogens with zero attached hydrogens (tertiary/aromatic N) is 1. The van der Waals surface area contributed by atoms with Crippen LogP contribution in [0.5, 0.6) is 0 Å². The molecule has 4 nitrogen and oxygen atoms in total. The van der Waals surface area contributed by atoms with Gasteiger partial charge in [0.25, 0.3) is 5.70 Å². The molecular weight excluding hydrogens is 168 g/mol. The number of allylic oxidation sites excluding steroid dienone is 2. The molecule has 0 unspecified atom stereocenters. The second-order valence-electron chi connectivity index (χ2n) is 2.53. The van der Waals surface area contributed by atoms with Gasteiger partial charge in [-0.25, -0.2) is 0 Å². The van der Waals surface area contributed by atoms with Crippen molar-refractivity contribution in [1.29, 1.82) is 0 Å². The van der Waals surface area contributed by atoms with Crippen molar-refractivity contribution >= 4 is 12.7 Å². The van der Waals surface area contributed by atoms with E-state index in [1.807, 2.05) is 0 Å². The van der Waals surface area contributed by atoms with Crippen LogP contribution in [0.3, 0.4) is 0 Å². The highest BCUT2D eigenvalue weighted by molar-refractivity contribution is 5.41. The summed E-state index contributed by atoms with van der Waals surface area (Å²) in [6.07, 6.45) is 4.63. The molecule has 0 aliphatic heterocycles. The molecule has 1 aromatic rings. The highest BCUT2D eigenvalue weighted by atomic mass is 16.6. The minimum atomic E-state index is -0.424. The number of nitrogens with one attached hydrogen (secondary N) is 1. The van der Waals surface area contributed by atoms with Gasteiger partial charge in [0.15, 0.2) is 0 Å². The van der Waals surface area contributed by atoms with Gasteiger partial charge in [0.1, 0.15) is 0 Å². The molecule has 0 bridgehead atoms. The fourth-order valence-electron chi connectivity index (χ4n) is 0.952. The van der Waals surface area contributed by atoms with Gasteiger partial charge in [-0.05, 0) is 19.1 Å². The number of rotatable bonds is 2. The summed E-state index contributed by atoms with van der Waals surface area (Å²) in [7, 11) is 0. The molecule has 1 aromatic heterocycles. The van der Waals surface area contributed by atoms with Crippen LogP contribution in [-0.2, 0) is 0 Å². The maximum absolute atomic E-state index is 10.4. The maximum Gasteiger partial charge on any atom is 0.265 e. The second-order valence-corrected chi connectivity index (χ2v) is 2.53. The van der Waals surface area contributed by atoms with Crippen molar-refractivity contribution < 1.29 is 4.92 Å². The molecule has 68 valence electrons. The van der Waals surface area contributed by atoms with Crippen molar-refractivity contribution in [1.82, 2.24) is 4.98 Å². The standard InChI is InChI=1S/C9H10N2O2/c1-3-9(11(12)13)6-8-4-5-10-7(8)2/h3-6,10H,2H2,1H3/b8-6-,9-3+. The van der Waals surface area contributed by atoms with Gasteiger partial charge in [0.2, 0.25) is 0 Å². The Balaban J connectivity index is 3.22. The van der Waals surface area contributed by atoms with Crippen LogP contribution < -0.4 is 10.6 Å². The Bertz CT molecular complexity index is 442. The molecular formula is C9H10N2O2. The Morgan fingerprint density at radius 2 is 2.46 bits per heavy atom. The molecule has 0 radical (unpaired) electrons. The number of aromatic nitrogens is 1. The number of hydrogen-bond donors (Lipinski definition) is 1. The molecule has 0 aromatic carbocycles. The summed E-state index contributed by atoms with van der Waals surface area (Å²) in [5.41, 5.74) is 0.0736. The first-order valence-electron chi connectivity index (χ1n) is 3.80. The lowest BCUT2D eigenvalue weighted by Crippen LogP contribution is -2.20. The summed E-state index contributed by atoms with van der Waals surface area (Å²) >= 11 is 0. The molecule has 0 spiro atoms. The third-order valence-electron chi connectivity index (χ3n) is 1.68. The van der Waals surface area contributed by atoms with Crippen LogP contribution >= 0.6 is 0 Å². The third kappa shape index (κ3) is 2.05. The van der Waals surface area contributed by atoms with Crippen LogP contribution in [0.2, 0.25) is 0 Å². The van der Waals surface area contributed by atoms with Crippen LogP contribution in [0.1, 0.15) is 6.92 Å². The van der Waals surface area contributed by atoms with Crippen LogP contribution in [0, 0.1) is 10.1 Å². The number of hydrogen-bond acceptors (Lipinski definition) is 2. The first-order chi connectivity index (χ1) is 6.15. The zero-order chi connectivity index (χ0) is 9.84. The Morgan fingerprint density at radius 1 is 1.77 bits per heavy atom. The topological polar surface area (TPSA) is 58.9 Å². The summed E-state index contributed by atoms with van der Waals surface area (Å²) in [6.45, 7) is 5.32. The highest BCUT2D eigenvalue weighted by Gasteiger charge is 2.02. The van der Waals surface area contributed by atoms with E-state index in [4.69, 9.17) is 0 Å². The molecule has 4 heteroatoms. The summed E-state index contributed by atoms with van der Waals surface area (Å²) in [4.78, 5) is 12.9. The van der Waals surface area contributed by atoms with Crippen molar-refractivity contribution in [2.24, 2.45) is 0 Å². The van der Waals surface area contributed by atoms with E-state index in [0.29, 0.717) is 5.35 Å². The fourth-order valence-corrected chi connectivity index (χ4v) is 0.952. The molecule has 1 N–H and O–H groups in total. The van der Waals surface area contributed by atoms with Gasteiger partial charge >= 0.3 is 0 Å². The molecule has 0 aliphatic rings. The van der Waals surface area contributed by atoms with E-state index in [1.54, 1.807) is 19.2 Å². The summed E-state index contributed by atoms with van der Waals surface area (Å²) in [5.74, 6) is 0. The average molecular weight is 178 g/mol. The lowest BCUT2D eigenvalue weighted by molar-refractivity contribution is -0.416. The zero-order valence-electron chi connectivity index (χ0n) is 7.28. The zero-order valence-corrected chi connectivity index (χ0v) is 7.28. The minimum absolute atomic E-state index is 0.0736. The minimum Gasteiger partial charge on any atom is -0.362 e. The summed E-state index contributed by atoms with van der Waals surface area (Å²) in [5, 5.41) is 11.9. The van der Waals surface area contributed by atoms with E-state index >= 15 is 0 Å². The van der Waals surface area contributed by atoms with Gasteiger partial charge in [0.05, 0.1) is 4.92 Å². The molecule has 0 fully saturated rings. The first kappa shape index (κ1) is 9.25. The van der Waals surface area contributed by atoms with E-state index in [-0.39, 0.29) is 5.70 Å². The van der Waals surface area contributed by atoms with Crippen molar-refractivity contribution in [2.45, 2.75) is 6.92 Å². The van der Waals surface area contributed by atoms with Gasteiger partial charge in [-0.2, -0.15) is 0 Å². The first-order valence-corrected chi connectivity index (χ1v) is 3.80. The van der Waals surface area contributed by atoms with Gasteiger partial charge in [-0.15, -0.1) is 0 Å². The molecule has 0 amide bonds. The lowest BCUT2D eigenvalue weighted by atomic mass is 10.3. The van der Waals surface area contributed by atoms with Crippen molar-refractivity contribution in [3.05, 3.63) is 44.7 Å². The van der Waals surface area contributed by atoms with Gasteiger partial charge in [-0.3, -0.25) is 10.1 Å². The molecule has 0 saturated heterocycles. The van der Waals surface area contributed by atoms with E-state index < -0.39 is 4.92 Å². The van der Waals surface area contributed by atoms with Gasteiger partial charge in [0, 0.05) is 22.8 Å². The van der Waals surface area contributed by atoms with Crippen LogP contribution in [0.15, 0.2) is 24.0 Å². The second kappa shape index (κ2) is 3.71. The van der Waals surface area contributed by atoms with Crippen molar-refractivity contribution in [2.75, 3.05) is 0 Å². The van der Waals surface area contributed by atoms with E-state index in [9.17, 15) is 10.1 Å². The predicted octanol–water partition coefficient (Wildman–Crippen LogP) is 0.386. The lowest BCUT2D eigenvalue weighted by Gasteiger charge is -1.86. The Kier molecular flexibility index (Phi) is 2.64. The van der Waals surface area contributed by atoms with E-state index in [1.165, 1.54) is 12.2 Å². The van der Waals surface area contributed by atoms with Gasteiger partial charge < -0.3 is 4.98 Å². The summed E-state index contributed by atoms with van der Waals surface area (Å²) in [6, 6.07) is 1.75. The molecule has 0 aliphatic carbocycles. The SMILES string of the molecule is C=c1[nH]cc/c1=C/C(=C\C)[N+](=O)[O-]. The normalized spacial score (nSPS) is 13.3. The summed E-state index contributed by atoms with van der Waals surface area (Å²) < 4.78 is 0. The number of aromatic amines is 1. The molecule has 1 rings (SSSR count). The Labute approximate surface area is 75.0 Å². The predicted molar refractivity (Wildman–Crippen MR) is 50.8 cm³/mol. The van der Waals surface area contributed by atoms with Crippen molar-refractivity contribution in [3.8, 4) is 0 Å². The molecule has 1 heterocycles. The molecule has 0 saturated carbocycles. The maximum atomic E-state index is 10.4. The monoisotopic (exact) mass is 178 g/mol. The van der Waals surface area contributed by atoms with E-state index in [2.05, 4.69) is 11.6 Å². The Morgan fingerprint density at radius 3 is 2.85 bits per heavy atom. The Hall–Kier alpha value is -1.84. The van der Waals surface area contributed by atoms with Gasteiger partial charge in [-0.1, -0.05) is 6.58 Å². The average Bonchev–Trinajstić information content (AvgIpc) is 2.46. The highest BCUT2D eigenvalue weighted by Crippen LogP contribution is 1.95. The molecule has 13 heavy (non-hydrogen) atoms. The smallest absolute Gasteiger partial charge is 0.265 e. The van der Waals surface area contributed by atoms with Crippen molar-refractivity contribution in [3.63, 3.8) is 0 Å². The quantitative estimate of drug-likeness (QED) is 0.526. The number of nitro groups is 1. The molecule has 0 atom stereocenters. The third-order valence-corrected chi connectivity index (χ3v) is 1.68. The van der Waals surface area contributed by atoms with E-state index in [0.717, 1.165) is 5.22 Å². The van der Waals surface area contributed by atoms with Crippen LogP contribution in [-0.4, -0.2) is 9.91 Å². The van der Waals surface area contributed by atoms with Crippen LogP contribution in [0.4, 0.5) is 0 Å². The number of H-pyrrole nitrogens is 1. The van der Waals surface area contributed by atoms with Crippen LogP contribution in [0.25, 0.3) is 12.7 Å². The fraction of sp³-hybridized carbons (Fsp3) is 0.111.